The number of amides is 1. The summed E-state index contributed by atoms with van der Waals surface area (Å²) in [6.07, 6.45) is 1.74. The largest absolute Gasteiger partial charge is 0.481 e. The van der Waals surface area contributed by atoms with Gasteiger partial charge in [-0.3, -0.25) is 9.59 Å². The molecule has 4 nitrogen and oxygen atoms in total. The van der Waals surface area contributed by atoms with E-state index in [-0.39, 0.29) is 11.9 Å². The molecule has 92 valence electrons. The zero-order chi connectivity index (χ0) is 12.5. The molecule has 0 unspecified atom stereocenters. The number of rotatable bonds is 2. The SMILES string of the molecule is CC(=O)N1CC[C@@H](C)C[C@H]1C(C)(C)C(=O)O. The van der Waals surface area contributed by atoms with Crippen LogP contribution >= 0.6 is 0 Å². The van der Waals surface area contributed by atoms with E-state index in [0.29, 0.717) is 12.5 Å². The fourth-order valence-corrected chi connectivity index (χ4v) is 2.35. The molecule has 0 aromatic rings. The molecular formula is C12H21NO3. The van der Waals surface area contributed by atoms with Crippen molar-refractivity contribution in [3.8, 4) is 0 Å². The molecule has 1 heterocycles. The molecule has 1 saturated heterocycles. The summed E-state index contributed by atoms with van der Waals surface area (Å²) < 4.78 is 0. The highest BCUT2D eigenvalue weighted by Crippen LogP contribution is 2.35. The molecule has 0 saturated carbocycles. The third kappa shape index (κ3) is 2.36. The molecule has 1 N–H and O–H groups in total. The minimum absolute atomic E-state index is 0.0220. The van der Waals surface area contributed by atoms with Gasteiger partial charge in [-0.2, -0.15) is 0 Å². The van der Waals surface area contributed by atoms with Crippen LogP contribution in [0, 0.1) is 11.3 Å². The molecule has 0 spiro atoms. The van der Waals surface area contributed by atoms with Crippen molar-refractivity contribution in [2.24, 2.45) is 11.3 Å². The molecule has 0 aromatic carbocycles. The van der Waals surface area contributed by atoms with E-state index in [1.165, 1.54) is 6.92 Å². The Kier molecular flexibility index (Phi) is 3.61. The van der Waals surface area contributed by atoms with Gasteiger partial charge in [-0.15, -0.1) is 0 Å². The number of hydrogen-bond acceptors (Lipinski definition) is 2. The number of likely N-dealkylation sites (tertiary alicyclic amines) is 1. The maximum Gasteiger partial charge on any atom is 0.311 e. The Morgan fingerprint density at radius 2 is 1.94 bits per heavy atom. The monoisotopic (exact) mass is 227 g/mol. The molecule has 0 radical (unpaired) electrons. The van der Waals surface area contributed by atoms with Gasteiger partial charge >= 0.3 is 5.97 Å². The number of carbonyl (C=O) groups is 2. The fourth-order valence-electron chi connectivity index (χ4n) is 2.35. The predicted octanol–water partition coefficient (Wildman–Crippen LogP) is 1.74. The van der Waals surface area contributed by atoms with E-state index in [2.05, 4.69) is 6.92 Å². The van der Waals surface area contributed by atoms with E-state index in [1.54, 1.807) is 18.7 Å². The number of carboxylic acid groups (broad SMARTS) is 1. The third-order valence-corrected chi connectivity index (χ3v) is 3.65. The van der Waals surface area contributed by atoms with Crippen LogP contribution in [0.1, 0.15) is 40.5 Å². The molecule has 16 heavy (non-hydrogen) atoms. The molecule has 2 atom stereocenters. The fraction of sp³-hybridized carbons (Fsp3) is 0.833. The molecule has 4 heteroatoms. The Morgan fingerprint density at radius 1 is 1.38 bits per heavy atom. The quantitative estimate of drug-likeness (QED) is 0.781. The number of hydrogen-bond donors (Lipinski definition) is 1. The summed E-state index contributed by atoms with van der Waals surface area (Å²) in [5.74, 6) is -0.372. The van der Waals surface area contributed by atoms with Gasteiger partial charge in [0.2, 0.25) is 5.91 Å². The van der Waals surface area contributed by atoms with Crippen LogP contribution in [-0.2, 0) is 9.59 Å². The summed E-state index contributed by atoms with van der Waals surface area (Å²) in [7, 11) is 0. The van der Waals surface area contributed by atoms with Crippen molar-refractivity contribution in [3.63, 3.8) is 0 Å². The number of aliphatic carboxylic acids is 1. The zero-order valence-corrected chi connectivity index (χ0v) is 10.5. The lowest BCUT2D eigenvalue weighted by Gasteiger charge is -2.44. The Morgan fingerprint density at radius 3 is 2.38 bits per heavy atom. The van der Waals surface area contributed by atoms with Crippen LogP contribution in [-0.4, -0.2) is 34.5 Å². The normalized spacial score (nSPS) is 26.6. The molecule has 0 aromatic heterocycles. The van der Waals surface area contributed by atoms with E-state index in [9.17, 15) is 14.7 Å². The highest BCUT2D eigenvalue weighted by atomic mass is 16.4. The highest BCUT2D eigenvalue weighted by molar-refractivity contribution is 5.78. The lowest BCUT2D eigenvalue weighted by molar-refractivity contribution is -0.155. The van der Waals surface area contributed by atoms with Crippen molar-refractivity contribution in [2.45, 2.75) is 46.6 Å². The van der Waals surface area contributed by atoms with Gasteiger partial charge in [0.15, 0.2) is 0 Å². The number of nitrogens with zero attached hydrogens (tertiary/aromatic N) is 1. The first-order valence-electron chi connectivity index (χ1n) is 5.77. The second-order valence-electron chi connectivity index (χ2n) is 5.38. The van der Waals surface area contributed by atoms with Gasteiger partial charge in [-0.1, -0.05) is 6.92 Å². The van der Waals surface area contributed by atoms with Crippen molar-refractivity contribution >= 4 is 11.9 Å². The Hall–Kier alpha value is -1.06. The number of carbonyl (C=O) groups excluding carboxylic acids is 1. The second kappa shape index (κ2) is 4.44. The van der Waals surface area contributed by atoms with Crippen LogP contribution in [0.5, 0.6) is 0 Å². The Bertz CT molecular complexity index is 299. The Labute approximate surface area is 96.6 Å². The number of piperidine rings is 1. The van der Waals surface area contributed by atoms with Crippen LogP contribution in [0.3, 0.4) is 0 Å². The topological polar surface area (TPSA) is 57.6 Å². The van der Waals surface area contributed by atoms with E-state index in [1.807, 2.05) is 0 Å². The molecule has 1 rings (SSSR count). The molecule has 1 fully saturated rings. The summed E-state index contributed by atoms with van der Waals surface area (Å²) >= 11 is 0. The van der Waals surface area contributed by atoms with Crippen LogP contribution in [0.15, 0.2) is 0 Å². The van der Waals surface area contributed by atoms with Crippen LogP contribution in [0.4, 0.5) is 0 Å². The van der Waals surface area contributed by atoms with E-state index in [4.69, 9.17) is 0 Å². The van der Waals surface area contributed by atoms with Gasteiger partial charge in [0.25, 0.3) is 0 Å². The van der Waals surface area contributed by atoms with Crippen molar-refractivity contribution in [1.82, 2.24) is 4.90 Å². The molecule has 1 amide bonds. The standard InChI is InChI=1S/C12H21NO3/c1-8-5-6-13(9(2)14)10(7-8)12(3,4)11(15)16/h8,10H,5-7H2,1-4H3,(H,15,16)/t8-,10+/m1/s1. The van der Waals surface area contributed by atoms with E-state index >= 15 is 0 Å². The van der Waals surface area contributed by atoms with Gasteiger partial charge in [-0.25, -0.2) is 0 Å². The van der Waals surface area contributed by atoms with E-state index < -0.39 is 11.4 Å². The lowest BCUT2D eigenvalue weighted by atomic mass is 9.76. The van der Waals surface area contributed by atoms with Gasteiger partial charge in [-0.05, 0) is 32.6 Å². The van der Waals surface area contributed by atoms with Gasteiger partial charge in [0, 0.05) is 19.5 Å². The summed E-state index contributed by atoms with van der Waals surface area (Å²) in [5.41, 5.74) is -0.875. The van der Waals surface area contributed by atoms with Crippen LogP contribution in [0.25, 0.3) is 0 Å². The molecule has 0 aliphatic carbocycles. The Balaban J connectivity index is 2.95. The van der Waals surface area contributed by atoms with Gasteiger partial charge in [0.1, 0.15) is 0 Å². The maximum absolute atomic E-state index is 11.5. The summed E-state index contributed by atoms with van der Waals surface area (Å²) in [6.45, 7) is 7.71. The summed E-state index contributed by atoms with van der Waals surface area (Å²) in [5, 5.41) is 9.24. The minimum atomic E-state index is -0.875. The number of carboxylic acids is 1. The van der Waals surface area contributed by atoms with Crippen LogP contribution < -0.4 is 0 Å². The summed E-state index contributed by atoms with van der Waals surface area (Å²) in [4.78, 5) is 24.5. The average molecular weight is 227 g/mol. The van der Waals surface area contributed by atoms with Gasteiger partial charge in [0.05, 0.1) is 5.41 Å². The van der Waals surface area contributed by atoms with Crippen molar-refractivity contribution < 1.29 is 14.7 Å². The van der Waals surface area contributed by atoms with Crippen molar-refractivity contribution in [1.29, 1.82) is 0 Å². The smallest absolute Gasteiger partial charge is 0.311 e. The predicted molar refractivity (Wildman–Crippen MR) is 61.0 cm³/mol. The van der Waals surface area contributed by atoms with Crippen LogP contribution in [0.2, 0.25) is 0 Å². The van der Waals surface area contributed by atoms with Gasteiger partial charge < -0.3 is 10.0 Å². The molecule has 0 bridgehead atoms. The molecule has 1 aliphatic rings. The minimum Gasteiger partial charge on any atom is -0.481 e. The third-order valence-electron chi connectivity index (χ3n) is 3.65. The molecule has 1 aliphatic heterocycles. The first-order valence-corrected chi connectivity index (χ1v) is 5.77. The van der Waals surface area contributed by atoms with E-state index in [0.717, 1.165) is 12.8 Å². The first kappa shape index (κ1) is 13.0. The first-order chi connectivity index (χ1) is 7.26. The second-order valence-corrected chi connectivity index (χ2v) is 5.38. The lowest BCUT2D eigenvalue weighted by Crippen LogP contribution is -2.54. The molecular weight excluding hydrogens is 206 g/mol. The zero-order valence-electron chi connectivity index (χ0n) is 10.5. The van der Waals surface area contributed by atoms with Crippen molar-refractivity contribution in [3.05, 3.63) is 0 Å². The maximum atomic E-state index is 11.5. The average Bonchev–Trinajstić information content (AvgIpc) is 2.16. The van der Waals surface area contributed by atoms with Crippen molar-refractivity contribution in [2.75, 3.05) is 6.54 Å². The summed E-state index contributed by atoms with van der Waals surface area (Å²) in [6, 6.07) is -0.189. The highest BCUT2D eigenvalue weighted by Gasteiger charge is 2.43.